The van der Waals surface area contributed by atoms with Crippen LogP contribution in [0.2, 0.25) is 0 Å². The van der Waals surface area contributed by atoms with E-state index < -0.39 is 0 Å². The number of rotatable bonds is 7. The molecule has 0 aliphatic carbocycles. The van der Waals surface area contributed by atoms with Crippen LogP contribution in [0.15, 0.2) is 24.7 Å². The number of aromatic nitrogens is 4. The van der Waals surface area contributed by atoms with Gasteiger partial charge in [-0.05, 0) is 24.6 Å². The lowest BCUT2D eigenvalue weighted by Gasteiger charge is -2.16. The van der Waals surface area contributed by atoms with E-state index in [0.29, 0.717) is 6.61 Å². The van der Waals surface area contributed by atoms with E-state index in [2.05, 4.69) is 39.6 Å². The van der Waals surface area contributed by atoms with Crippen molar-refractivity contribution in [2.45, 2.75) is 26.3 Å². The highest BCUT2D eigenvalue weighted by atomic mass is 16.5. The molecule has 2 aromatic rings. The van der Waals surface area contributed by atoms with Crippen LogP contribution in [0.3, 0.4) is 0 Å². The van der Waals surface area contributed by atoms with Gasteiger partial charge in [0.2, 0.25) is 0 Å². The highest BCUT2D eigenvalue weighted by Crippen LogP contribution is 2.22. The Morgan fingerprint density at radius 3 is 2.89 bits per heavy atom. The maximum absolute atomic E-state index is 5.61. The van der Waals surface area contributed by atoms with E-state index >= 15 is 0 Å². The van der Waals surface area contributed by atoms with Gasteiger partial charge in [-0.15, -0.1) is 0 Å². The molecular weight excluding hydrogens is 242 g/mol. The molecule has 102 valence electrons. The number of pyridine rings is 1. The predicted octanol–water partition coefficient (Wildman–Crippen LogP) is 1.69. The number of aromatic amines is 1. The van der Waals surface area contributed by atoms with Crippen molar-refractivity contribution in [3.8, 4) is 5.75 Å². The summed E-state index contributed by atoms with van der Waals surface area (Å²) in [5, 5.41) is 14.0. The number of nitrogens with zero attached hydrogens (tertiary/aromatic N) is 3. The van der Waals surface area contributed by atoms with Gasteiger partial charge in [-0.3, -0.25) is 4.98 Å². The summed E-state index contributed by atoms with van der Waals surface area (Å²) in [6.45, 7) is 5.66. The number of ether oxygens (including phenoxy) is 1. The molecule has 2 N–H and O–H groups in total. The first-order valence-corrected chi connectivity index (χ1v) is 6.52. The molecule has 0 amide bonds. The molecule has 0 bridgehead atoms. The number of hydrogen-bond donors (Lipinski definition) is 2. The van der Waals surface area contributed by atoms with E-state index in [0.717, 1.165) is 30.0 Å². The molecule has 2 rings (SSSR count). The molecule has 1 atom stereocenters. The van der Waals surface area contributed by atoms with Crippen LogP contribution in [0.1, 0.15) is 37.6 Å². The number of H-pyrrole nitrogens is 1. The first-order valence-electron chi connectivity index (χ1n) is 6.52. The number of hydrogen-bond acceptors (Lipinski definition) is 5. The Hall–Kier alpha value is -1.95. The predicted molar refractivity (Wildman–Crippen MR) is 71.9 cm³/mol. The topological polar surface area (TPSA) is 75.7 Å². The second kappa shape index (κ2) is 6.84. The largest absolute Gasteiger partial charge is 0.492 e. The van der Waals surface area contributed by atoms with Crippen LogP contribution in [-0.2, 0) is 0 Å². The molecule has 6 heteroatoms. The van der Waals surface area contributed by atoms with Gasteiger partial charge in [-0.25, -0.2) is 0 Å². The first kappa shape index (κ1) is 13.5. The van der Waals surface area contributed by atoms with Crippen molar-refractivity contribution in [3.05, 3.63) is 35.9 Å². The maximum Gasteiger partial charge on any atom is 0.137 e. The Kier molecular flexibility index (Phi) is 4.85. The van der Waals surface area contributed by atoms with Crippen LogP contribution in [0.4, 0.5) is 0 Å². The Morgan fingerprint density at radius 1 is 1.32 bits per heavy atom. The average Bonchev–Trinajstić information content (AvgIpc) is 2.96. The monoisotopic (exact) mass is 261 g/mol. The molecular formula is C13H19N5O. The highest BCUT2D eigenvalue weighted by molar-refractivity contribution is 5.30. The lowest BCUT2D eigenvalue weighted by molar-refractivity contribution is 0.315. The summed E-state index contributed by atoms with van der Waals surface area (Å²) in [6.07, 6.45) is 6.24. The Bertz CT molecular complexity index is 486. The summed E-state index contributed by atoms with van der Waals surface area (Å²) in [7, 11) is 0. The van der Waals surface area contributed by atoms with E-state index in [-0.39, 0.29) is 6.04 Å². The third-order valence-electron chi connectivity index (χ3n) is 2.68. The lowest BCUT2D eigenvalue weighted by atomic mass is 10.1. The molecule has 1 unspecified atom stereocenters. The first-order chi connectivity index (χ1) is 9.35. The molecule has 0 aliphatic rings. The van der Waals surface area contributed by atoms with E-state index in [1.807, 2.05) is 12.3 Å². The van der Waals surface area contributed by atoms with Gasteiger partial charge in [0.1, 0.15) is 11.4 Å². The smallest absolute Gasteiger partial charge is 0.137 e. The molecule has 0 aromatic carbocycles. The van der Waals surface area contributed by atoms with Gasteiger partial charge < -0.3 is 10.1 Å². The van der Waals surface area contributed by atoms with Gasteiger partial charge in [0.25, 0.3) is 0 Å². The fraction of sp³-hybridized carbons (Fsp3) is 0.462. The molecule has 2 heterocycles. The fourth-order valence-electron chi connectivity index (χ4n) is 1.84. The molecule has 0 fully saturated rings. The Balaban J connectivity index is 2.21. The van der Waals surface area contributed by atoms with Crippen LogP contribution < -0.4 is 10.1 Å². The van der Waals surface area contributed by atoms with E-state index in [4.69, 9.17) is 4.74 Å². The van der Waals surface area contributed by atoms with Gasteiger partial charge >= 0.3 is 0 Å². The van der Waals surface area contributed by atoms with Crippen molar-refractivity contribution in [2.24, 2.45) is 0 Å². The van der Waals surface area contributed by atoms with Crippen LogP contribution in [0.5, 0.6) is 5.75 Å². The summed E-state index contributed by atoms with van der Waals surface area (Å²) in [6, 6.07) is 1.96. The van der Waals surface area contributed by atoms with Crippen LogP contribution in [0.25, 0.3) is 0 Å². The van der Waals surface area contributed by atoms with Crippen LogP contribution in [-0.4, -0.2) is 33.5 Å². The molecule has 0 saturated heterocycles. The third kappa shape index (κ3) is 3.51. The SMILES string of the molecule is CCCOc1cncc(C(NCC)c2cn[nH]n2)c1. The highest BCUT2D eigenvalue weighted by Gasteiger charge is 2.16. The second-order valence-corrected chi connectivity index (χ2v) is 4.19. The van der Waals surface area contributed by atoms with Crippen LogP contribution >= 0.6 is 0 Å². The second-order valence-electron chi connectivity index (χ2n) is 4.19. The van der Waals surface area contributed by atoms with Gasteiger partial charge in [0.05, 0.1) is 25.0 Å². The Morgan fingerprint density at radius 2 is 2.21 bits per heavy atom. The quantitative estimate of drug-likeness (QED) is 0.793. The Labute approximate surface area is 112 Å². The van der Waals surface area contributed by atoms with Crippen molar-refractivity contribution in [1.29, 1.82) is 0 Å². The van der Waals surface area contributed by atoms with E-state index in [9.17, 15) is 0 Å². The molecule has 0 radical (unpaired) electrons. The fourth-order valence-corrected chi connectivity index (χ4v) is 1.84. The molecule has 0 saturated carbocycles. The standard InChI is InChI=1S/C13H19N5O/c1-3-5-19-11-6-10(7-14-8-11)13(15-4-2)12-9-16-18-17-12/h6-9,13,15H,3-5H2,1-2H3,(H,16,17,18). The zero-order valence-electron chi connectivity index (χ0n) is 11.3. The average molecular weight is 261 g/mol. The summed E-state index contributed by atoms with van der Waals surface area (Å²) in [4.78, 5) is 4.23. The minimum Gasteiger partial charge on any atom is -0.492 e. The number of nitrogens with one attached hydrogen (secondary N) is 2. The van der Waals surface area contributed by atoms with Crippen molar-refractivity contribution in [1.82, 2.24) is 25.7 Å². The van der Waals surface area contributed by atoms with E-state index in [1.165, 1.54) is 0 Å². The third-order valence-corrected chi connectivity index (χ3v) is 2.68. The molecule has 2 aromatic heterocycles. The van der Waals surface area contributed by atoms with Gasteiger partial charge in [-0.1, -0.05) is 13.8 Å². The summed E-state index contributed by atoms with van der Waals surface area (Å²) in [5.74, 6) is 0.783. The van der Waals surface area contributed by atoms with Crippen molar-refractivity contribution in [2.75, 3.05) is 13.2 Å². The minimum absolute atomic E-state index is 0.0265. The summed E-state index contributed by atoms with van der Waals surface area (Å²) < 4.78 is 5.61. The molecule has 0 aliphatic heterocycles. The molecule has 0 spiro atoms. The van der Waals surface area contributed by atoms with Crippen LogP contribution in [0, 0.1) is 0 Å². The lowest BCUT2D eigenvalue weighted by Crippen LogP contribution is -2.22. The van der Waals surface area contributed by atoms with Gasteiger partial charge in [0.15, 0.2) is 0 Å². The normalized spacial score (nSPS) is 12.3. The zero-order chi connectivity index (χ0) is 13.5. The van der Waals surface area contributed by atoms with Gasteiger partial charge in [-0.2, -0.15) is 15.4 Å². The summed E-state index contributed by atoms with van der Waals surface area (Å²) >= 11 is 0. The van der Waals surface area contributed by atoms with Crippen molar-refractivity contribution < 1.29 is 4.74 Å². The minimum atomic E-state index is -0.0265. The zero-order valence-corrected chi connectivity index (χ0v) is 11.3. The van der Waals surface area contributed by atoms with E-state index in [1.54, 1.807) is 12.4 Å². The molecule has 6 nitrogen and oxygen atoms in total. The van der Waals surface area contributed by atoms with Gasteiger partial charge in [0, 0.05) is 6.20 Å². The van der Waals surface area contributed by atoms with Crippen molar-refractivity contribution in [3.63, 3.8) is 0 Å². The maximum atomic E-state index is 5.61. The van der Waals surface area contributed by atoms with Crippen molar-refractivity contribution >= 4 is 0 Å². The summed E-state index contributed by atoms with van der Waals surface area (Å²) in [5.41, 5.74) is 1.86. The molecule has 19 heavy (non-hydrogen) atoms.